The number of benzene rings is 1. The van der Waals surface area contributed by atoms with Gasteiger partial charge in [-0.25, -0.2) is 4.79 Å². The van der Waals surface area contributed by atoms with Crippen molar-refractivity contribution in [2.75, 3.05) is 0 Å². The van der Waals surface area contributed by atoms with E-state index in [2.05, 4.69) is 0 Å². The van der Waals surface area contributed by atoms with E-state index >= 15 is 0 Å². The first-order chi connectivity index (χ1) is 5.63. The second-order valence-electron chi connectivity index (χ2n) is 2.12. The van der Waals surface area contributed by atoms with Crippen molar-refractivity contribution in [3.05, 3.63) is 35.4 Å². The van der Waals surface area contributed by atoms with Crippen LogP contribution in [0.5, 0.6) is 0 Å². The number of carboxylic acids is 1. The van der Waals surface area contributed by atoms with Crippen molar-refractivity contribution < 1.29 is 19.1 Å². The smallest absolute Gasteiger partial charge is 0.336 e. The predicted molar refractivity (Wildman–Crippen MR) is 38.8 cm³/mol. The molecule has 0 bridgehead atoms. The zero-order valence-electron chi connectivity index (χ0n) is 5.95. The van der Waals surface area contributed by atoms with Gasteiger partial charge in [0.2, 0.25) is 0 Å². The summed E-state index contributed by atoms with van der Waals surface area (Å²) in [5.74, 6) is -1.31. The van der Waals surface area contributed by atoms with Crippen LogP contribution in [0.1, 0.15) is 20.7 Å². The normalized spacial score (nSPS) is 9.42. The van der Waals surface area contributed by atoms with Crippen LogP contribution in [0.3, 0.4) is 0 Å². The highest BCUT2D eigenvalue weighted by atomic mass is 19.1. The Morgan fingerprint density at radius 1 is 1.17 bits per heavy atom. The van der Waals surface area contributed by atoms with Gasteiger partial charge in [-0.2, -0.15) is 4.39 Å². The highest BCUT2D eigenvalue weighted by Crippen LogP contribution is 2.09. The van der Waals surface area contributed by atoms with Crippen LogP contribution in [0.2, 0.25) is 0 Å². The van der Waals surface area contributed by atoms with Crippen molar-refractivity contribution in [3.63, 3.8) is 0 Å². The molecule has 0 radical (unpaired) electrons. The molecule has 1 aromatic rings. The largest absolute Gasteiger partial charge is 0.478 e. The van der Waals surface area contributed by atoms with Crippen LogP contribution in [0.15, 0.2) is 24.3 Å². The van der Waals surface area contributed by atoms with E-state index in [9.17, 15) is 14.0 Å². The summed E-state index contributed by atoms with van der Waals surface area (Å²) in [7, 11) is 0. The van der Waals surface area contributed by atoms with Crippen LogP contribution in [0.4, 0.5) is 4.39 Å². The Morgan fingerprint density at radius 2 is 1.67 bits per heavy atom. The topological polar surface area (TPSA) is 54.4 Å². The van der Waals surface area contributed by atoms with Crippen LogP contribution in [-0.4, -0.2) is 17.1 Å². The molecule has 0 fully saturated rings. The first-order valence-corrected chi connectivity index (χ1v) is 3.15. The monoisotopic (exact) mass is 168 g/mol. The minimum Gasteiger partial charge on any atom is -0.478 e. The molecule has 0 unspecified atom stereocenters. The number of carbonyl (C=O) groups excluding carboxylic acids is 1. The minimum absolute atomic E-state index is 0.315. The van der Waals surface area contributed by atoms with Gasteiger partial charge in [0.05, 0.1) is 11.1 Å². The van der Waals surface area contributed by atoms with E-state index in [-0.39, 0.29) is 5.56 Å². The number of aromatic carboxylic acids is 1. The average molecular weight is 168 g/mol. The molecule has 62 valence electrons. The number of carbonyl (C=O) groups is 2. The lowest BCUT2D eigenvalue weighted by Crippen LogP contribution is -2.04. The average Bonchev–Trinajstić information content (AvgIpc) is 2.04. The molecule has 0 spiro atoms. The molecule has 0 aliphatic heterocycles. The van der Waals surface area contributed by atoms with Crippen LogP contribution < -0.4 is 0 Å². The molecule has 12 heavy (non-hydrogen) atoms. The third-order valence-corrected chi connectivity index (χ3v) is 1.37. The molecule has 0 atom stereocenters. The number of carboxylic acid groups (broad SMARTS) is 1. The highest BCUT2D eigenvalue weighted by molar-refractivity contribution is 6.01. The van der Waals surface area contributed by atoms with Gasteiger partial charge >= 0.3 is 12.0 Å². The molecule has 4 heteroatoms. The maximum atomic E-state index is 12.2. The van der Waals surface area contributed by atoms with Crippen LogP contribution in [-0.2, 0) is 0 Å². The van der Waals surface area contributed by atoms with Gasteiger partial charge in [-0.15, -0.1) is 0 Å². The van der Waals surface area contributed by atoms with Crippen LogP contribution in [0, 0.1) is 0 Å². The van der Waals surface area contributed by atoms with Gasteiger partial charge in [0, 0.05) is 0 Å². The Morgan fingerprint density at radius 3 is 2.00 bits per heavy atom. The van der Waals surface area contributed by atoms with Crippen LogP contribution in [0.25, 0.3) is 0 Å². The van der Waals surface area contributed by atoms with Gasteiger partial charge in [-0.3, -0.25) is 4.79 Å². The fraction of sp³-hybridized carbons (Fsp3) is 0. The van der Waals surface area contributed by atoms with E-state index < -0.39 is 17.6 Å². The fourth-order valence-electron chi connectivity index (χ4n) is 0.841. The molecule has 0 amide bonds. The molecule has 1 aromatic carbocycles. The second-order valence-corrected chi connectivity index (χ2v) is 2.12. The Kier molecular flexibility index (Phi) is 2.19. The molecule has 0 saturated heterocycles. The standard InChI is InChI=1S/C8H5FO3/c9-7(10)5-3-1-2-4-6(5)8(11)12/h1-4H,(H,11,12). The fourth-order valence-corrected chi connectivity index (χ4v) is 0.841. The number of hydrogen-bond donors (Lipinski definition) is 1. The number of hydrogen-bond acceptors (Lipinski definition) is 2. The Labute approximate surface area is 67.4 Å². The van der Waals surface area contributed by atoms with Crippen molar-refractivity contribution in [3.8, 4) is 0 Å². The molecular weight excluding hydrogens is 163 g/mol. The molecule has 0 aliphatic carbocycles. The SMILES string of the molecule is O=C(O)c1ccccc1C(=O)F. The molecule has 3 nitrogen and oxygen atoms in total. The highest BCUT2D eigenvalue weighted by Gasteiger charge is 2.14. The molecule has 1 N–H and O–H groups in total. The summed E-state index contributed by atoms with van der Waals surface area (Å²) in [5, 5.41) is 8.50. The van der Waals surface area contributed by atoms with E-state index in [1.54, 1.807) is 0 Å². The second kappa shape index (κ2) is 3.13. The predicted octanol–water partition coefficient (Wildman–Crippen LogP) is 1.49. The first kappa shape index (κ1) is 8.39. The van der Waals surface area contributed by atoms with Crippen molar-refractivity contribution in [1.29, 1.82) is 0 Å². The van der Waals surface area contributed by atoms with Gasteiger partial charge < -0.3 is 5.11 Å². The van der Waals surface area contributed by atoms with E-state index in [1.165, 1.54) is 18.2 Å². The number of rotatable bonds is 2. The van der Waals surface area contributed by atoms with E-state index in [4.69, 9.17) is 5.11 Å². The lowest BCUT2D eigenvalue weighted by Gasteiger charge is -1.97. The van der Waals surface area contributed by atoms with Crippen LogP contribution >= 0.6 is 0 Å². The molecule has 1 rings (SSSR count). The van der Waals surface area contributed by atoms with Crippen molar-refractivity contribution in [2.24, 2.45) is 0 Å². The molecule has 0 aromatic heterocycles. The Hall–Kier alpha value is -1.71. The van der Waals surface area contributed by atoms with Gasteiger partial charge in [-0.05, 0) is 12.1 Å². The molecule has 0 aliphatic rings. The summed E-state index contributed by atoms with van der Waals surface area (Å²) in [6, 6.07) is 3.41. The minimum atomic E-state index is -1.73. The number of halogens is 1. The van der Waals surface area contributed by atoms with Gasteiger partial charge in [0.25, 0.3) is 0 Å². The van der Waals surface area contributed by atoms with E-state index in [0.717, 1.165) is 6.07 Å². The van der Waals surface area contributed by atoms with E-state index in [1.807, 2.05) is 0 Å². The maximum absolute atomic E-state index is 12.2. The third-order valence-electron chi connectivity index (χ3n) is 1.37. The molecule has 0 saturated carbocycles. The van der Waals surface area contributed by atoms with Crippen molar-refractivity contribution >= 4 is 12.0 Å². The van der Waals surface area contributed by atoms with Gasteiger partial charge in [-0.1, -0.05) is 12.1 Å². The van der Waals surface area contributed by atoms with Gasteiger partial charge in [0.1, 0.15) is 0 Å². The quantitative estimate of drug-likeness (QED) is 0.680. The van der Waals surface area contributed by atoms with Crippen molar-refractivity contribution in [1.82, 2.24) is 0 Å². The Balaban J connectivity index is 3.27. The summed E-state index contributed by atoms with van der Waals surface area (Å²) < 4.78 is 12.2. The molecule has 0 heterocycles. The summed E-state index contributed by atoms with van der Waals surface area (Å²) in [5.41, 5.74) is -0.727. The third kappa shape index (κ3) is 1.47. The summed E-state index contributed by atoms with van der Waals surface area (Å²) in [4.78, 5) is 20.6. The zero-order chi connectivity index (χ0) is 9.14. The summed E-state index contributed by atoms with van der Waals surface area (Å²) >= 11 is 0. The van der Waals surface area contributed by atoms with Gasteiger partial charge in [0.15, 0.2) is 0 Å². The summed E-state index contributed by atoms with van der Waals surface area (Å²) in [6.07, 6.45) is 0. The van der Waals surface area contributed by atoms with E-state index in [0.29, 0.717) is 0 Å². The summed E-state index contributed by atoms with van der Waals surface area (Å²) in [6.45, 7) is 0. The van der Waals surface area contributed by atoms with Crippen molar-refractivity contribution in [2.45, 2.75) is 0 Å². The lowest BCUT2D eigenvalue weighted by atomic mass is 10.1. The first-order valence-electron chi connectivity index (χ1n) is 3.15. The Bertz CT molecular complexity index is 300. The zero-order valence-corrected chi connectivity index (χ0v) is 5.95. The maximum Gasteiger partial charge on any atom is 0.336 e. The lowest BCUT2D eigenvalue weighted by molar-refractivity contribution is 0.0685. The molecular formula is C8H5FO3.